The smallest absolute Gasteiger partial charge is 0.124 e. The Kier molecular flexibility index (Phi) is 2.95. The lowest BCUT2D eigenvalue weighted by atomic mass is 9.90. The van der Waals surface area contributed by atoms with Crippen LogP contribution >= 0.6 is 0 Å². The van der Waals surface area contributed by atoms with Crippen LogP contribution in [0.2, 0.25) is 0 Å². The Bertz CT molecular complexity index is 1060. The number of aromatic hydroxyl groups is 2. The molecule has 0 aromatic heterocycles. The Morgan fingerprint density at radius 3 is 2.13 bits per heavy atom. The molecular weight excluding hydrogens is 284 g/mol. The van der Waals surface area contributed by atoms with Crippen LogP contribution in [0, 0.1) is 0 Å². The minimum atomic E-state index is 0.209. The van der Waals surface area contributed by atoms with Crippen LogP contribution in [0.3, 0.4) is 0 Å². The van der Waals surface area contributed by atoms with Gasteiger partial charge in [0.05, 0.1) is 0 Å². The van der Waals surface area contributed by atoms with Gasteiger partial charge in [-0.05, 0) is 45.2 Å². The van der Waals surface area contributed by atoms with Crippen molar-refractivity contribution in [3.63, 3.8) is 0 Å². The van der Waals surface area contributed by atoms with Gasteiger partial charge < -0.3 is 10.2 Å². The van der Waals surface area contributed by atoms with Gasteiger partial charge in [-0.1, -0.05) is 56.3 Å². The van der Waals surface area contributed by atoms with E-state index >= 15 is 0 Å². The monoisotopic (exact) mass is 302 g/mol. The summed E-state index contributed by atoms with van der Waals surface area (Å²) in [7, 11) is 0. The summed E-state index contributed by atoms with van der Waals surface area (Å²) in [5, 5.41) is 26.6. The molecule has 2 N–H and O–H groups in total. The summed E-state index contributed by atoms with van der Waals surface area (Å²) in [6, 6.07) is 17.5. The summed E-state index contributed by atoms with van der Waals surface area (Å²) < 4.78 is 0. The fraction of sp³-hybridized carbons (Fsp3) is 0.143. The zero-order valence-electron chi connectivity index (χ0n) is 13.2. The predicted molar refractivity (Wildman–Crippen MR) is 96.4 cm³/mol. The second-order valence-electron chi connectivity index (χ2n) is 6.36. The van der Waals surface area contributed by atoms with Crippen LogP contribution in [0.4, 0.5) is 0 Å². The molecule has 23 heavy (non-hydrogen) atoms. The van der Waals surface area contributed by atoms with Crippen molar-refractivity contribution in [2.45, 2.75) is 19.8 Å². The molecule has 4 aromatic rings. The topological polar surface area (TPSA) is 40.5 Å². The average Bonchev–Trinajstić information content (AvgIpc) is 2.53. The highest BCUT2D eigenvalue weighted by molar-refractivity contribution is 6.22. The van der Waals surface area contributed by atoms with E-state index in [1.807, 2.05) is 42.5 Å². The molecule has 4 rings (SSSR count). The van der Waals surface area contributed by atoms with Crippen LogP contribution in [0.5, 0.6) is 11.5 Å². The Balaban J connectivity index is 2.32. The molecule has 4 aromatic carbocycles. The van der Waals surface area contributed by atoms with Gasteiger partial charge in [0.15, 0.2) is 0 Å². The molecule has 0 saturated carbocycles. The maximum absolute atomic E-state index is 10.7. The molecule has 0 atom stereocenters. The highest BCUT2D eigenvalue weighted by Gasteiger charge is 2.16. The van der Waals surface area contributed by atoms with Gasteiger partial charge >= 0.3 is 0 Å². The Morgan fingerprint density at radius 1 is 0.696 bits per heavy atom. The molecule has 0 heterocycles. The lowest BCUT2D eigenvalue weighted by Crippen LogP contribution is -1.91. The summed E-state index contributed by atoms with van der Waals surface area (Å²) in [5.74, 6) is 0.770. The standard InChI is InChI=1S/C21H18O2/c1-12(2)14-8-5-9-16-17(14)11-19(23)20-15-7-4-3-6-13(15)10-18(22)21(16)20/h3-12,22-23H,1-2H3. The van der Waals surface area contributed by atoms with Gasteiger partial charge in [0.2, 0.25) is 0 Å². The highest BCUT2D eigenvalue weighted by atomic mass is 16.3. The van der Waals surface area contributed by atoms with E-state index in [4.69, 9.17) is 0 Å². The lowest BCUT2D eigenvalue weighted by Gasteiger charge is -2.15. The van der Waals surface area contributed by atoms with Crippen molar-refractivity contribution in [1.82, 2.24) is 0 Å². The quantitative estimate of drug-likeness (QED) is 0.444. The Hall–Kier alpha value is -2.74. The van der Waals surface area contributed by atoms with Crippen molar-refractivity contribution in [2.75, 3.05) is 0 Å². The van der Waals surface area contributed by atoms with E-state index in [0.717, 1.165) is 26.9 Å². The van der Waals surface area contributed by atoms with Crippen LogP contribution in [-0.4, -0.2) is 10.2 Å². The summed E-state index contributed by atoms with van der Waals surface area (Å²) >= 11 is 0. The van der Waals surface area contributed by atoms with Gasteiger partial charge in [-0.2, -0.15) is 0 Å². The summed E-state index contributed by atoms with van der Waals surface area (Å²) in [6.07, 6.45) is 0. The van der Waals surface area contributed by atoms with E-state index in [-0.39, 0.29) is 11.5 Å². The first-order valence-electron chi connectivity index (χ1n) is 7.87. The predicted octanol–water partition coefficient (Wildman–Crippen LogP) is 5.68. The second kappa shape index (κ2) is 4.88. The van der Waals surface area contributed by atoms with Crippen molar-refractivity contribution in [1.29, 1.82) is 0 Å². The number of hydrogen-bond acceptors (Lipinski definition) is 2. The minimum Gasteiger partial charge on any atom is -0.507 e. The number of phenols is 2. The Labute approximate surface area is 134 Å². The summed E-state index contributed by atoms with van der Waals surface area (Å²) in [5.41, 5.74) is 1.17. The zero-order chi connectivity index (χ0) is 16.1. The van der Waals surface area contributed by atoms with Crippen molar-refractivity contribution >= 4 is 32.3 Å². The lowest BCUT2D eigenvalue weighted by molar-refractivity contribution is 0.477. The second-order valence-corrected chi connectivity index (χ2v) is 6.36. The average molecular weight is 302 g/mol. The maximum Gasteiger partial charge on any atom is 0.124 e. The molecule has 114 valence electrons. The maximum atomic E-state index is 10.7. The fourth-order valence-corrected chi connectivity index (χ4v) is 3.55. The molecule has 2 heteroatoms. The molecule has 0 bridgehead atoms. The normalized spacial score (nSPS) is 11.8. The van der Waals surface area contributed by atoms with Gasteiger partial charge in [-0.3, -0.25) is 0 Å². The summed E-state index contributed by atoms with van der Waals surface area (Å²) in [4.78, 5) is 0. The first-order chi connectivity index (χ1) is 11.1. The molecule has 0 amide bonds. The van der Waals surface area contributed by atoms with E-state index in [2.05, 4.69) is 19.9 Å². The van der Waals surface area contributed by atoms with Crippen LogP contribution < -0.4 is 0 Å². The van der Waals surface area contributed by atoms with Crippen molar-refractivity contribution < 1.29 is 10.2 Å². The van der Waals surface area contributed by atoms with Crippen LogP contribution in [-0.2, 0) is 0 Å². The van der Waals surface area contributed by atoms with Gasteiger partial charge in [-0.15, -0.1) is 0 Å². The van der Waals surface area contributed by atoms with Crippen LogP contribution in [0.1, 0.15) is 25.3 Å². The van der Waals surface area contributed by atoms with Gasteiger partial charge in [0.1, 0.15) is 11.5 Å². The van der Waals surface area contributed by atoms with E-state index in [1.165, 1.54) is 5.56 Å². The van der Waals surface area contributed by atoms with E-state index < -0.39 is 0 Å². The van der Waals surface area contributed by atoms with Gasteiger partial charge in [-0.25, -0.2) is 0 Å². The third-order valence-corrected chi connectivity index (χ3v) is 4.60. The molecule has 0 fully saturated rings. The highest BCUT2D eigenvalue weighted by Crippen LogP contribution is 2.43. The van der Waals surface area contributed by atoms with Crippen LogP contribution in [0.25, 0.3) is 32.3 Å². The molecule has 0 saturated heterocycles. The zero-order valence-corrected chi connectivity index (χ0v) is 13.2. The number of phenolic OH excluding ortho intramolecular Hbond substituents is 2. The van der Waals surface area contributed by atoms with Gasteiger partial charge in [0.25, 0.3) is 0 Å². The Morgan fingerprint density at radius 2 is 1.35 bits per heavy atom. The van der Waals surface area contributed by atoms with Gasteiger partial charge in [0, 0.05) is 10.8 Å². The van der Waals surface area contributed by atoms with E-state index in [9.17, 15) is 10.2 Å². The largest absolute Gasteiger partial charge is 0.507 e. The molecule has 2 nitrogen and oxygen atoms in total. The summed E-state index contributed by atoms with van der Waals surface area (Å²) in [6.45, 7) is 4.27. The number of hydrogen-bond donors (Lipinski definition) is 2. The third kappa shape index (κ3) is 1.95. The first kappa shape index (κ1) is 13.9. The number of fused-ring (bicyclic) bond motifs is 5. The minimum absolute atomic E-state index is 0.209. The molecule has 0 aliphatic carbocycles. The SMILES string of the molecule is CC(C)c1cccc2c1cc(O)c1c3ccccc3cc(O)c21. The molecule has 0 aliphatic rings. The fourth-order valence-electron chi connectivity index (χ4n) is 3.55. The van der Waals surface area contributed by atoms with E-state index in [0.29, 0.717) is 11.3 Å². The van der Waals surface area contributed by atoms with Crippen molar-refractivity contribution in [3.05, 3.63) is 60.2 Å². The van der Waals surface area contributed by atoms with Crippen LogP contribution in [0.15, 0.2) is 54.6 Å². The number of rotatable bonds is 1. The molecule has 0 radical (unpaired) electrons. The molecule has 0 spiro atoms. The van der Waals surface area contributed by atoms with Crippen molar-refractivity contribution in [2.24, 2.45) is 0 Å². The first-order valence-corrected chi connectivity index (χ1v) is 7.87. The van der Waals surface area contributed by atoms with E-state index in [1.54, 1.807) is 6.07 Å². The molecule has 0 aliphatic heterocycles. The van der Waals surface area contributed by atoms with Crippen molar-refractivity contribution in [3.8, 4) is 11.5 Å². The third-order valence-electron chi connectivity index (χ3n) is 4.60. The molecular formula is C21H18O2. The number of benzene rings is 4. The molecule has 0 unspecified atom stereocenters.